The Morgan fingerprint density at radius 1 is 1.41 bits per heavy atom. The van der Waals surface area contributed by atoms with Gasteiger partial charge in [0.25, 0.3) is 5.91 Å². The highest BCUT2D eigenvalue weighted by atomic mass is 16.1. The summed E-state index contributed by atoms with van der Waals surface area (Å²) in [4.78, 5) is 11.4. The van der Waals surface area contributed by atoms with E-state index in [9.17, 15) is 4.79 Å². The van der Waals surface area contributed by atoms with E-state index in [0.29, 0.717) is 6.54 Å². The van der Waals surface area contributed by atoms with Crippen LogP contribution >= 0.6 is 0 Å². The van der Waals surface area contributed by atoms with Gasteiger partial charge in [-0.15, -0.1) is 0 Å². The van der Waals surface area contributed by atoms with E-state index in [1.807, 2.05) is 18.2 Å². The van der Waals surface area contributed by atoms with Gasteiger partial charge in [0.1, 0.15) is 5.54 Å². The van der Waals surface area contributed by atoms with Crippen molar-refractivity contribution in [1.82, 2.24) is 5.32 Å². The number of rotatable bonds is 2. The van der Waals surface area contributed by atoms with Crippen molar-refractivity contribution in [2.75, 3.05) is 5.32 Å². The van der Waals surface area contributed by atoms with Gasteiger partial charge < -0.3 is 10.6 Å². The number of hydrogen-bond donors (Lipinski definition) is 2. The van der Waals surface area contributed by atoms with E-state index in [-0.39, 0.29) is 11.4 Å². The average Bonchev–Trinajstić information content (AvgIpc) is 2.65. The van der Waals surface area contributed by atoms with Crippen LogP contribution in [0.1, 0.15) is 35.2 Å². The Morgan fingerprint density at radius 3 is 2.88 bits per heavy atom. The molecule has 0 spiro atoms. The zero-order valence-electron chi connectivity index (χ0n) is 9.42. The lowest BCUT2D eigenvalue weighted by molar-refractivity contribution is 0.0966. The fourth-order valence-corrected chi connectivity index (χ4v) is 2.38. The van der Waals surface area contributed by atoms with E-state index in [4.69, 9.17) is 5.26 Å². The van der Waals surface area contributed by atoms with Gasteiger partial charge >= 0.3 is 0 Å². The largest absolute Gasteiger partial charge is 0.367 e. The molecule has 86 valence electrons. The molecule has 0 unspecified atom stereocenters. The Bertz CT molecular complexity index is 526. The molecule has 0 radical (unpaired) electrons. The summed E-state index contributed by atoms with van der Waals surface area (Å²) in [6.45, 7) is 0.587. The maximum absolute atomic E-state index is 11.4. The lowest BCUT2D eigenvalue weighted by Gasteiger charge is -2.36. The van der Waals surface area contributed by atoms with Gasteiger partial charge in [-0.25, -0.2) is 0 Å². The molecule has 1 aromatic rings. The predicted octanol–water partition coefficient (Wildman–Crippen LogP) is 1.79. The van der Waals surface area contributed by atoms with Gasteiger partial charge in [0.15, 0.2) is 0 Å². The van der Waals surface area contributed by atoms with Crippen molar-refractivity contribution in [3.8, 4) is 6.07 Å². The molecule has 1 aromatic carbocycles. The fourth-order valence-electron chi connectivity index (χ4n) is 2.38. The van der Waals surface area contributed by atoms with Gasteiger partial charge in [0.2, 0.25) is 0 Å². The number of nitriles is 1. The quantitative estimate of drug-likeness (QED) is 0.809. The first-order valence-electron chi connectivity index (χ1n) is 5.83. The van der Waals surface area contributed by atoms with Crippen LogP contribution in [0.3, 0.4) is 0 Å². The zero-order valence-corrected chi connectivity index (χ0v) is 9.42. The highest BCUT2D eigenvalue weighted by molar-refractivity contribution is 5.98. The van der Waals surface area contributed by atoms with Gasteiger partial charge in [-0.3, -0.25) is 4.79 Å². The maximum atomic E-state index is 11.4. The Balaban J connectivity index is 1.86. The van der Waals surface area contributed by atoms with E-state index in [1.54, 1.807) is 0 Å². The third kappa shape index (κ3) is 1.55. The zero-order chi connectivity index (χ0) is 11.9. The van der Waals surface area contributed by atoms with Crippen LogP contribution in [-0.4, -0.2) is 11.4 Å². The predicted molar refractivity (Wildman–Crippen MR) is 63.4 cm³/mol. The van der Waals surface area contributed by atoms with E-state index in [2.05, 4.69) is 16.7 Å². The van der Waals surface area contributed by atoms with E-state index < -0.39 is 0 Å². The first kappa shape index (κ1) is 10.2. The van der Waals surface area contributed by atoms with E-state index in [0.717, 1.165) is 36.1 Å². The summed E-state index contributed by atoms with van der Waals surface area (Å²) in [6, 6.07) is 8.01. The molecule has 2 N–H and O–H groups in total. The molecule has 0 atom stereocenters. The molecule has 1 saturated carbocycles. The Hall–Kier alpha value is -2.02. The van der Waals surface area contributed by atoms with Gasteiger partial charge in [-0.2, -0.15) is 5.26 Å². The third-order valence-electron chi connectivity index (χ3n) is 3.59. The van der Waals surface area contributed by atoms with E-state index >= 15 is 0 Å². The molecule has 17 heavy (non-hydrogen) atoms. The minimum atomic E-state index is -0.385. The molecular weight excluding hydrogens is 214 g/mol. The summed E-state index contributed by atoms with van der Waals surface area (Å²) in [5, 5.41) is 15.2. The molecule has 1 amide bonds. The monoisotopic (exact) mass is 227 g/mol. The molecule has 0 bridgehead atoms. The van der Waals surface area contributed by atoms with Crippen LogP contribution < -0.4 is 10.6 Å². The molecule has 4 nitrogen and oxygen atoms in total. The first-order valence-corrected chi connectivity index (χ1v) is 5.83. The molecule has 1 heterocycles. The summed E-state index contributed by atoms with van der Waals surface area (Å²) in [5.74, 6) is -0.00908. The second-order valence-corrected chi connectivity index (χ2v) is 4.73. The molecular formula is C13H13N3O. The molecule has 1 aliphatic carbocycles. The molecule has 1 aliphatic heterocycles. The molecule has 0 saturated heterocycles. The van der Waals surface area contributed by atoms with Gasteiger partial charge in [0.05, 0.1) is 6.07 Å². The molecule has 0 aromatic heterocycles. The number of nitrogens with one attached hydrogen (secondary N) is 2. The number of hydrogen-bond acceptors (Lipinski definition) is 3. The minimum absolute atomic E-state index is 0.00908. The van der Waals surface area contributed by atoms with Crippen LogP contribution in [0.4, 0.5) is 5.69 Å². The summed E-state index contributed by atoms with van der Waals surface area (Å²) in [6.07, 6.45) is 2.90. The standard InChI is InChI=1S/C13H13N3O/c14-8-13(4-1-5-13)16-10-2-3-11-9(6-10)7-15-12(11)17/h2-3,6,16H,1,4-5,7H2,(H,15,17). The lowest BCUT2D eigenvalue weighted by Crippen LogP contribution is -2.43. The maximum Gasteiger partial charge on any atom is 0.251 e. The summed E-state index contributed by atoms with van der Waals surface area (Å²) in [5.41, 5.74) is 2.30. The van der Waals surface area contributed by atoms with Crippen LogP contribution in [-0.2, 0) is 6.54 Å². The lowest BCUT2D eigenvalue weighted by atomic mass is 9.78. The normalized spacial score (nSPS) is 19.8. The van der Waals surface area contributed by atoms with Crippen LogP contribution in [0.5, 0.6) is 0 Å². The van der Waals surface area contributed by atoms with Crippen LogP contribution in [0.25, 0.3) is 0 Å². The van der Waals surface area contributed by atoms with Crippen molar-refractivity contribution < 1.29 is 4.79 Å². The Kier molecular flexibility index (Phi) is 2.08. The number of fused-ring (bicyclic) bond motifs is 1. The Labute approximate surface area is 99.6 Å². The SMILES string of the molecule is N#CC1(Nc2ccc3c(c2)CNC3=O)CCC1. The van der Waals surface area contributed by atoms with Crippen molar-refractivity contribution in [2.45, 2.75) is 31.3 Å². The van der Waals surface area contributed by atoms with Crippen LogP contribution in [0, 0.1) is 11.3 Å². The topological polar surface area (TPSA) is 64.9 Å². The third-order valence-corrected chi connectivity index (χ3v) is 3.59. The number of carbonyl (C=O) groups is 1. The van der Waals surface area contributed by atoms with Crippen molar-refractivity contribution in [3.05, 3.63) is 29.3 Å². The van der Waals surface area contributed by atoms with Gasteiger partial charge in [-0.1, -0.05) is 0 Å². The second kappa shape index (κ2) is 3.49. The number of benzene rings is 1. The van der Waals surface area contributed by atoms with Gasteiger partial charge in [0, 0.05) is 17.8 Å². The second-order valence-electron chi connectivity index (χ2n) is 4.73. The molecule has 4 heteroatoms. The molecule has 3 rings (SSSR count). The summed E-state index contributed by atoms with van der Waals surface area (Å²) < 4.78 is 0. The van der Waals surface area contributed by atoms with Crippen LogP contribution in [0.15, 0.2) is 18.2 Å². The number of carbonyl (C=O) groups excluding carboxylic acids is 1. The van der Waals surface area contributed by atoms with Crippen molar-refractivity contribution in [3.63, 3.8) is 0 Å². The summed E-state index contributed by atoms with van der Waals surface area (Å²) >= 11 is 0. The van der Waals surface area contributed by atoms with Crippen molar-refractivity contribution in [1.29, 1.82) is 5.26 Å². The fraction of sp³-hybridized carbons (Fsp3) is 0.385. The number of nitrogens with zero attached hydrogens (tertiary/aromatic N) is 1. The summed E-state index contributed by atoms with van der Waals surface area (Å²) in [7, 11) is 0. The average molecular weight is 227 g/mol. The first-order chi connectivity index (χ1) is 8.22. The van der Waals surface area contributed by atoms with Crippen molar-refractivity contribution in [2.24, 2.45) is 0 Å². The smallest absolute Gasteiger partial charge is 0.251 e. The highest BCUT2D eigenvalue weighted by Crippen LogP contribution is 2.35. The van der Waals surface area contributed by atoms with Crippen LogP contribution in [0.2, 0.25) is 0 Å². The molecule has 2 aliphatic rings. The minimum Gasteiger partial charge on any atom is -0.367 e. The number of anilines is 1. The number of amides is 1. The Morgan fingerprint density at radius 2 is 2.24 bits per heavy atom. The molecule has 1 fully saturated rings. The van der Waals surface area contributed by atoms with E-state index in [1.165, 1.54) is 0 Å². The van der Waals surface area contributed by atoms with Crippen molar-refractivity contribution >= 4 is 11.6 Å². The highest BCUT2D eigenvalue weighted by Gasteiger charge is 2.37. The van der Waals surface area contributed by atoms with Gasteiger partial charge in [-0.05, 0) is 43.0 Å².